The number of nitrogens with zero attached hydrogens (tertiary/aromatic N) is 2. The van der Waals surface area contributed by atoms with Crippen LogP contribution in [0.2, 0.25) is 0 Å². The van der Waals surface area contributed by atoms with E-state index in [2.05, 4.69) is 12.1 Å². The SMILES string of the molecule is O=C(OCC1c2ccccc2-c2ccccc21)N1C[C@@H]2CCO[C@]2(C(=O)ON2C(=O)c3ccccc3C2=O)C1. The Morgan fingerprint density at radius 3 is 2.03 bits per heavy atom. The molecule has 3 aromatic rings. The Kier molecular flexibility index (Phi) is 5.31. The lowest BCUT2D eigenvalue weighted by molar-refractivity contribution is -0.192. The number of hydroxylamine groups is 2. The number of rotatable bonds is 4. The molecule has 0 saturated carbocycles. The van der Waals surface area contributed by atoms with Crippen molar-refractivity contribution in [2.45, 2.75) is 17.9 Å². The molecule has 0 radical (unpaired) electrons. The van der Waals surface area contributed by atoms with E-state index in [0.717, 1.165) is 22.3 Å². The van der Waals surface area contributed by atoms with Gasteiger partial charge in [-0.3, -0.25) is 9.59 Å². The van der Waals surface area contributed by atoms with Crippen molar-refractivity contribution in [3.63, 3.8) is 0 Å². The van der Waals surface area contributed by atoms with Crippen LogP contribution < -0.4 is 0 Å². The number of carbonyl (C=O) groups is 4. The molecule has 4 aliphatic rings. The van der Waals surface area contributed by atoms with Gasteiger partial charge in [0, 0.05) is 25.0 Å². The summed E-state index contributed by atoms with van der Waals surface area (Å²) in [5.74, 6) is -2.72. The molecule has 0 aromatic heterocycles. The Bertz CT molecular complexity index is 1470. The first kappa shape index (κ1) is 23.6. The zero-order chi connectivity index (χ0) is 26.7. The Hall–Kier alpha value is -4.50. The topological polar surface area (TPSA) is 102 Å². The van der Waals surface area contributed by atoms with Crippen molar-refractivity contribution >= 4 is 23.9 Å². The van der Waals surface area contributed by atoms with Gasteiger partial charge in [-0.2, -0.15) is 0 Å². The average Bonchev–Trinajstić information content (AvgIpc) is 3.68. The largest absolute Gasteiger partial charge is 0.448 e. The lowest BCUT2D eigenvalue weighted by Crippen LogP contribution is -2.50. The molecule has 3 amide bonds. The lowest BCUT2D eigenvalue weighted by Gasteiger charge is -2.27. The molecule has 9 heteroatoms. The first-order valence-corrected chi connectivity index (χ1v) is 12.9. The van der Waals surface area contributed by atoms with E-state index in [4.69, 9.17) is 14.3 Å². The third-order valence-electron chi connectivity index (χ3n) is 8.22. The molecular weight excluding hydrogens is 500 g/mol. The van der Waals surface area contributed by atoms with Gasteiger partial charge in [-0.1, -0.05) is 65.7 Å². The highest BCUT2D eigenvalue weighted by molar-refractivity contribution is 6.21. The van der Waals surface area contributed by atoms with Crippen LogP contribution in [0.4, 0.5) is 4.79 Å². The molecule has 3 aromatic carbocycles. The quantitative estimate of drug-likeness (QED) is 0.479. The second kappa shape index (κ2) is 8.78. The second-order valence-electron chi connectivity index (χ2n) is 10.2. The first-order valence-electron chi connectivity index (χ1n) is 12.9. The molecule has 0 bridgehead atoms. The van der Waals surface area contributed by atoms with Crippen molar-refractivity contribution in [1.82, 2.24) is 9.96 Å². The summed E-state index contributed by atoms with van der Waals surface area (Å²) in [4.78, 5) is 58.8. The number of imide groups is 1. The van der Waals surface area contributed by atoms with Crippen LogP contribution in [0.3, 0.4) is 0 Å². The summed E-state index contributed by atoms with van der Waals surface area (Å²) in [7, 11) is 0. The molecule has 2 atom stereocenters. The van der Waals surface area contributed by atoms with Crippen molar-refractivity contribution in [1.29, 1.82) is 0 Å². The van der Waals surface area contributed by atoms with E-state index in [1.165, 1.54) is 17.0 Å². The average molecular weight is 525 g/mol. The van der Waals surface area contributed by atoms with Gasteiger partial charge in [0.15, 0.2) is 5.60 Å². The monoisotopic (exact) mass is 524 g/mol. The van der Waals surface area contributed by atoms with E-state index in [0.29, 0.717) is 18.1 Å². The number of fused-ring (bicyclic) bond motifs is 5. The Morgan fingerprint density at radius 1 is 0.846 bits per heavy atom. The lowest BCUT2D eigenvalue weighted by atomic mass is 9.91. The van der Waals surface area contributed by atoms with Gasteiger partial charge >= 0.3 is 12.1 Å². The maximum Gasteiger partial charge on any atom is 0.409 e. The smallest absolute Gasteiger partial charge is 0.409 e. The van der Waals surface area contributed by atoms with Gasteiger partial charge < -0.3 is 19.2 Å². The third kappa shape index (κ3) is 3.50. The summed E-state index contributed by atoms with van der Waals surface area (Å²) in [6.45, 7) is 0.617. The molecule has 0 spiro atoms. The fourth-order valence-corrected chi connectivity index (χ4v) is 6.29. The summed E-state index contributed by atoms with van der Waals surface area (Å²) in [6, 6.07) is 22.4. The van der Waals surface area contributed by atoms with Gasteiger partial charge in [-0.05, 0) is 40.8 Å². The van der Waals surface area contributed by atoms with Crippen LogP contribution >= 0.6 is 0 Å². The van der Waals surface area contributed by atoms with E-state index < -0.39 is 29.5 Å². The van der Waals surface area contributed by atoms with Crippen molar-refractivity contribution in [3.05, 3.63) is 95.1 Å². The Labute approximate surface area is 223 Å². The Morgan fingerprint density at radius 2 is 1.41 bits per heavy atom. The highest BCUT2D eigenvalue weighted by Gasteiger charge is 2.60. The van der Waals surface area contributed by atoms with E-state index in [9.17, 15) is 19.2 Å². The summed E-state index contributed by atoms with van der Waals surface area (Å²) < 4.78 is 11.6. The third-order valence-corrected chi connectivity index (χ3v) is 8.22. The summed E-state index contributed by atoms with van der Waals surface area (Å²) in [5, 5.41) is 0.483. The van der Waals surface area contributed by atoms with Crippen molar-refractivity contribution in [2.75, 3.05) is 26.3 Å². The molecule has 2 fully saturated rings. The first-order chi connectivity index (χ1) is 19.0. The van der Waals surface area contributed by atoms with Crippen molar-refractivity contribution in [2.24, 2.45) is 5.92 Å². The normalized spacial score (nSPS) is 22.9. The van der Waals surface area contributed by atoms with Gasteiger partial charge in [0.2, 0.25) is 0 Å². The van der Waals surface area contributed by atoms with Crippen molar-refractivity contribution < 1.29 is 33.5 Å². The van der Waals surface area contributed by atoms with Gasteiger partial charge in [-0.25, -0.2) is 9.59 Å². The number of hydrogen-bond acceptors (Lipinski definition) is 7. The van der Waals surface area contributed by atoms with E-state index in [1.54, 1.807) is 12.1 Å². The van der Waals surface area contributed by atoms with Crippen LogP contribution in [0.15, 0.2) is 72.8 Å². The zero-order valence-corrected chi connectivity index (χ0v) is 20.9. The van der Waals surface area contributed by atoms with Crippen LogP contribution in [-0.4, -0.2) is 65.7 Å². The van der Waals surface area contributed by atoms with E-state index in [-0.39, 0.29) is 42.7 Å². The maximum absolute atomic E-state index is 13.4. The fourth-order valence-electron chi connectivity index (χ4n) is 6.29. The summed E-state index contributed by atoms with van der Waals surface area (Å²) in [5.41, 5.74) is 3.34. The molecule has 3 aliphatic heterocycles. The number of benzene rings is 3. The maximum atomic E-state index is 13.4. The zero-order valence-electron chi connectivity index (χ0n) is 20.9. The number of carbonyl (C=O) groups excluding carboxylic acids is 4. The van der Waals surface area contributed by atoms with E-state index in [1.807, 2.05) is 36.4 Å². The molecule has 0 N–H and O–H groups in total. The van der Waals surface area contributed by atoms with Gasteiger partial charge in [0.1, 0.15) is 6.61 Å². The predicted molar refractivity (Wildman–Crippen MR) is 136 cm³/mol. The van der Waals surface area contributed by atoms with Crippen LogP contribution in [-0.2, 0) is 19.1 Å². The summed E-state index contributed by atoms with van der Waals surface area (Å²) in [6.07, 6.45) is -0.0209. The predicted octanol–water partition coefficient (Wildman–Crippen LogP) is 3.78. The second-order valence-corrected chi connectivity index (χ2v) is 10.2. The van der Waals surface area contributed by atoms with Crippen LogP contribution in [0, 0.1) is 5.92 Å². The van der Waals surface area contributed by atoms with Crippen LogP contribution in [0.25, 0.3) is 11.1 Å². The standard InChI is InChI=1S/C30H24N2O7/c33-26-23-11-5-6-12-24(23)27(34)32(26)39-28(35)30-17-31(15-18(30)13-14-38-30)29(36)37-16-25-21-9-3-1-7-19(21)20-8-2-4-10-22(20)25/h1-12,18,25H,13-17H2/t18-,30+/m0/s1. The van der Waals surface area contributed by atoms with E-state index >= 15 is 0 Å². The minimum Gasteiger partial charge on any atom is -0.448 e. The highest BCUT2D eigenvalue weighted by Crippen LogP contribution is 2.45. The molecule has 39 heavy (non-hydrogen) atoms. The fraction of sp³-hybridized carbons (Fsp3) is 0.267. The molecule has 7 rings (SSSR count). The number of hydrogen-bond donors (Lipinski definition) is 0. The number of likely N-dealkylation sites (tertiary alicyclic amines) is 1. The number of amides is 3. The molecule has 1 aliphatic carbocycles. The van der Waals surface area contributed by atoms with Crippen LogP contribution in [0.1, 0.15) is 44.2 Å². The highest BCUT2D eigenvalue weighted by atomic mass is 16.7. The molecular formula is C30H24N2O7. The molecule has 9 nitrogen and oxygen atoms in total. The molecule has 196 valence electrons. The van der Waals surface area contributed by atoms with Gasteiger partial charge in [-0.15, -0.1) is 0 Å². The number of ether oxygens (including phenoxy) is 2. The Balaban J connectivity index is 1.05. The molecule has 2 saturated heterocycles. The van der Waals surface area contributed by atoms with Crippen LogP contribution in [0.5, 0.6) is 0 Å². The van der Waals surface area contributed by atoms with Crippen molar-refractivity contribution in [3.8, 4) is 11.1 Å². The molecule has 0 unspecified atom stereocenters. The minimum atomic E-state index is -1.47. The van der Waals surface area contributed by atoms with Gasteiger partial charge in [0.05, 0.1) is 17.7 Å². The minimum absolute atomic E-state index is 0.0870. The summed E-state index contributed by atoms with van der Waals surface area (Å²) >= 11 is 0. The molecule has 3 heterocycles. The van der Waals surface area contributed by atoms with Gasteiger partial charge in [0.25, 0.3) is 11.8 Å².